The van der Waals surface area contributed by atoms with E-state index in [2.05, 4.69) is 12.2 Å². The number of nitrogens with one attached hydrogen (secondary N) is 1. The van der Waals surface area contributed by atoms with Crippen LogP contribution in [0.1, 0.15) is 37.8 Å². The van der Waals surface area contributed by atoms with Crippen LogP contribution in [0.2, 0.25) is 10.0 Å². The fourth-order valence-corrected chi connectivity index (χ4v) is 2.98. The lowest BCUT2D eigenvalue weighted by Crippen LogP contribution is -2.35. The topological polar surface area (TPSA) is 38.0 Å². The van der Waals surface area contributed by atoms with Crippen LogP contribution >= 0.6 is 23.2 Å². The fraction of sp³-hybridized carbons (Fsp3) is 0.571. The van der Waals surface area contributed by atoms with Gasteiger partial charge in [0.1, 0.15) is 0 Å². The Morgan fingerprint density at radius 3 is 2.67 bits per heavy atom. The van der Waals surface area contributed by atoms with Gasteiger partial charge in [-0.05, 0) is 42.9 Å². The number of benzene rings is 1. The summed E-state index contributed by atoms with van der Waals surface area (Å²) in [5, 5.41) is 4.81. The molecular weight excluding hydrogens is 267 g/mol. The Bertz CT molecular complexity index is 409. The summed E-state index contributed by atoms with van der Waals surface area (Å²) in [7, 11) is 0. The van der Waals surface area contributed by atoms with Gasteiger partial charge in [-0.15, -0.1) is 0 Å². The first-order valence-corrected chi connectivity index (χ1v) is 7.26. The van der Waals surface area contributed by atoms with Gasteiger partial charge in [-0.2, -0.15) is 0 Å². The zero-order chi connectivity index (χ0) is 13.1. The average Bonchev–Trinajstić information content (AvgIpc) is 2.75. The normalized spacial score (nSPS) is 25.3. The molecule has 0 heterocycles. The molecule has 1 fully saturated rings. The summed E-state index contributed by atoms with van der Waals surface area (Å²) < 4.78 is 0. The molecule has 1 aromatic rings. The minimum atomic E-state index is 0.162. The molecule has 1 aliphatic rings. The molecule has 0 saturated heterocycles. The van der Waals surface area contributed by atoms with E-state index in [1.807, 2.05) is 18.2 Å². The van der Waals surface area contributed by atoms with E-state index in [9.17, 15) is 0 Å². The molecule has 3 N–H and O–H groups in total. The molecule has 3 atom stereocenters. The quantitative estimate of drug-likeness (QED) is 0.884. The van der Waals surface area contributed by atoms with Gasteiger partial charge in [0.25, 0.3) is 0 Å². The minimum Gasteiger partial charge on any atom is -0.329 e. The maximum atomic E-state index is 6.05. The third-order valence-corrected chi connectivity index (χ3v) is 4.45. The van der Waals surface area contributed by atoms with Crippen molar-refractivity contribution in [2.45, 2.75) is 38.3 Å². The lowest BCUT2D eigenvalue weighted by Gasteiger charge is -2.22. The number of nitrogens with two attached hydrogens (primary N) is 1. The SMILES string of the molecule is CC1CCC(NC(CN)c2ccc(Cl)c(Cl)c2)C1. The van der Waals surface area contributed by atoms with Gasteiger partial charge in [0.15, 0.2) is 0 Å². The van der Waals surface area contributed by atoms with Crippen molar-refractivity contribution in [1.29, 1.82) is 0 Å². The lowest BCUT2D eigenvalue weighted by atomic mass is 10.0. The van der Waals surface area contributed by atoms with Crippen LogP contribution in [0.15, 0.2) is 18.2 Å². The van der Waals surface area contributed by atoms with Crippen LogP contribution in [-0.2, 0) is 0 Å². The summed E-state index contributed by atoms with van der Waals surface area (Å²) in [4.78, 5) is 0. The highest BCUT2D eigenvalue weighted by atomic mass is 35.5. The van der Waals surface area contributed by atoms with Crippen molar-refractivity contribution in [1.82, 2.24) is 5.32 Å². The molecule has 1 aromatic carbocycles. The second-order valence-electron chi connectivity index (χ2n) is 5.24. The third-order valence-electron chi connectivity index (χ3n) is 3.71. The summed E-state index contributed by atoms with van der Waals surface area (Å²) in [6.07, 6.45) is 3.77. The molecule has 0 aromatic heterocycles. The molecule has 100 valence electrons. The van der Waals surface area contributed by atoms with Crippen LogP contribution in [0.3, 0.4) is 0 Å². The van der Waals surface area contributed by atoms with Crippen LogP contribution in [0, 0.1) is 5.92 Å². The number of halogens is 2. The van der Waals surface area contributed by atoms with E-state index < -0.39 is 0 Å². The highest BCUT2D eigenvalue weighted by Gasteiger charge is 2.23. The van der Waals surface area contributed by atoms with E-state index in [-0.39, 0.29) is 6.04 Å². The minimum absolute atomic E-state index is 0.162. The van der Waals surface area contributed by atoms with E-state index in [4.69, 9.17) is 28.9 Å². The summed E-state index contributed by atoms with van der Waals surface area (Å²) >= 11 is 12.0. The highest BCUT2D eigenvalue weighted by Crippen LogP contribution is 2.29. The number of hydrogen-bond donors (Lipinski definition) is 2. The van der Waals surface area contributed by atoms with Crippen molar-refractivity contribution in [3.8, 4) is 0 Å². The van der Waals surface area contributed by atoms with E-state index in [1.165, 1.54) is 19.3 Å². The van der Waals surface area contributed by atoms with Crippen molar-refractivity contribution >= 4 is 23.2 Å². The predicted octanol–water partition coefficient (Wildman–Crippen LogP) is 3.77. The fourth-order valence-electron chi connectivity index (χ4n) is 2.67. The van der Waals surface area contributed by atoms with Crippen molar-refractivity contribution in [3.05, 3.63) is 33.8 Å². The second kappa shape index (κ2) is 6.25. The van der Waals surface area contributed by atoms with E-state index in [1.54, 1.807) is 0 Å². The Labute approximate surface area is 119 Å². The van der Waals surface area contributed by atoms with E-state index in [0.717, 1.165) is 11.5 Å². The molecule has 3 unspecified atom stereocenters. The van der Waals surface area contributed by atoms with Crippen molar-refractivity contribution in [2.75, 3.05) is 6.54 Å². The monoisotopic (exact) mass is 286 g/mol. The van der Waals surface area contributed by atoms with Gasteiger partial charge in [0.05, 0.1) is 10.0 Å². The molecule has 18 heavy (non-hydrogen) atoms. The first-order valence-electron chi connectivity index (χ1n) is 6.51. The Balaban J connectivity index is 2.05. The van der Waals surface area contributed by atoms with Crippen LogP contribution in [0.25, 0.3) is 0 Å². The molecule has 4 heteroatoms. The Morgan fingerprint density at radius 1 is 1.33 bits per heavy atom. The first-order chi connectivity index (χ1) is 8.60. The van der Waals surface area contributed by atoms with E-state index in [0.29, 0.717) is 22.6 Å². The van der Waals surface area contributed by atoms with Crippen LogP contribution < -0.4 is 11.1 Å². The molecular formula is C14H20Cl2N2. The van der Waals surface area contributed by atoms with Crippen molar-refractivity contribution in [2.24, 2.45) is 11.7 Å². The van der Waals surface area contributed by atoms with E-state index >= 15 is 0 Å². The first kappa shape index (κ1) is 14.1. The Hall–Kier alpha value is -0.280. The Morgan fingerprint density at radius 2 is 2.11 bits per heavy atom. The molecule has 0 bridgehead atoms. The average molecular weight is 287 g/mol. The summed E-state index contributed by atoms with van der Waals surface area (Å²) in [5.74, 6) is 0.815. The number of hydrogen-bond acceptors (Lipinski definition) is 2. The summed E-state index contributed by atoms with van der Waals surface area (Å²) in [6, 6.07) is 6.48. The maximum absolute atomic E-state index is 6.05. The summed E-state index contributed by atoms with van der Waals surface area (Å²) in [5.41, 5.74) is 6.98. The van der Waals surface area contributed by atoms with Crippen LogP contribution in [-0.4, -0.2) is 12.6 Å². The van der Waals surface area contributed by atoms with Gasteiger partial charge in [-0.25, -0.2) is 0 Å². The second-order valence-corrected chi connectivity index (χ2v) is 6.06. The number of rotatable bonds is 4. The largest absolute Gasteiger partial charge is 0.329 e. The van der Waals surface area contributed by atoms with Crippen molar-refractivity contribution < 1.29 is 0 Å². The molecule has 0 amide bonds. The van der Waals surface area contributed by atoms with Gasteiger partial charge < -0.3 is 11.1 Å². The molecule has 1 saturated carbocycles. The standard InChI is InChI=1S/C14H20Cl2N2/c1-9-2-4-11(6-9)18-14(8-17)10-3-5-12(15)13(16)7-10/h3,5,7,9,11,14,18H,2,4,6,8,17H2,1H3. The highest BCUT2D eigenvalue weighted by molar-refractivity contribution is 6.42. The lowest BCUT2D eigenvalue weighted by molar-refractivity contribution is 0.434. The van der Waals surface area contributed by atoms with Gasteiger partial charge in [-0.1, -0.05) is 36.2 Å². The van der Waals surface area contributed by atoms with Gasteiger partial charge in [0.2, 0.25) is 0 Å². The smallest absolute Gasteiger partial charge is 0.0595 e. The van der Waals surface area contributed by atoms with Gasteiger partial charge >= 0.3 is 0 Å². The van der Waals surface area contributed by atoms with Crippen molar-refractivity contribution in [3.63, 3.8) is 0 Å². The maximum Gasteiger partial charge on any atom is 0.0595 e. The molecule has 0 radical (unpaired) electrons. The predicted molar refractivity (Wildman–Crippen MR) is 78.2 cm³/mol. The molecule has 1 aliphatic carbocycles. The molecule has 0 spiro atoms. The summed E-state index contributed by atoms with van der Waals surface area (Å²) in [6.45, 7) is 2.88. The van der Waals surface area contributed by atoms with Gasteiger partial charge in [0, 0.05) is 18.6 Å². The molecule has 2 nitrogen and oxygen atoms in total. The third kappa shape index (κ3) is 3.39. The zero-order valence-corrected chi connectivity index (χ0v) is 12.1. The molecule has 0 aliphatic heterocycles. The van der Waals surface area contributed by atoms with Crippen LogP contribution in [0.5, 0.6) is 0 Å². The Kier molecular flexibility index (Phi) is 4.91. The zero-order valence-electron chi connectivity index (χ0n) is 10.6. The molecule has 2 rings (SSSR count). The van der Waals surface area contributed by atoms with Gasteiger partial charge in [-0.3, -0.25) is 0 Å². The van der Waals surface area contributed by atoms with Crippen LogP contribution in [0.4, 0.5) is 0 Å².